The predicted octanol–water partition coefficient (Wildman–Crippen LogP) is 1.63. The molecule has 3 amide bonds. The smallest absolute Gasteiger partial charge is 0.423 e. The summed E-state index contributed by atoms with van der Waals surface area (Å²) in [7, 11) is 0. The summed E-state index contributed by atoms with van der Waals surface area (Å²) in [6.45, 7) is 8.62. The van der Waals surface area contributed by atoms with Crippen LogP contribution in [0.5, 0.6) is 0 Å². The van der Waals surface area contributed by atoms with Gasteiger partial charge < -0.3 is 10.8 Å². The third kappa shape index (κ3) is 18.6. The molecule has 0 aliphatic heterocycles. The van der Waals surface area contributed by atoms with Gasteiger partial charge in [-0.2, -0.15) is 0 Å². The Balaban J connectivity index is 0. The van der Waals surface area contributed by atoms with Crippen molar-refractivity contribution in [2.24, 2.45) is 17.1 Å². The quantitative estimate of drug-likeness (QED) is 0.323. The summed E-state index contributed by atoms with van der Waals surface area (Å²) >= 11 is 0. The number of amides is 3. The van der Waals surface area contributed by atoms with Crippen LogP contribution in [0.25, 0.3) is 0 Å². The zero-order valence-electron chi connectivity index (χ0n) is 12.7. The molecule has 7 heteroatoms. The molecule has 1 atom stereocenters. The average Bonchev–Trinajstić information content (AvgIpc) is 2.31. The molecule has 0 aromatic heterocycles. The Labute approximate surface area is 120 Å². The molecular weight excluding hydrogens is 262 g/mol. The minimum Gasteiger partial charge on any atom is -0.464 e. The monoisotopic (exact) mass is 289 g/mol. The normalized spacial score (nSPS) is 11.6. The molecule has 0 aromatic rings. The Morgan fingerprint density at radius 3 is 2.15 bits per heavy atom. The van der Waals surface area contributed by atoms with Crippen molar-refractivity contribution in [2.75, 3.05) is 0 Å². The molecule has 0 bridgehead atoms. The number of carbonyl (C=O) groups is 3. The van der Waals surface area contributed by atoms with Crippen LogP contribution < -0.4 is 16.6 Å². The zero-order valence-corrected chi connectivity index (χ0v) is 12.7. The average molecular weight is 289 g/mol. The van der Waals surface area contributed by atoms with E-state index in [0.29, 0.717) is 5.41 Å². The first-order valence-corrected chi connectivity index (χ1v) is 6.57. The molecule has 5 N–H and O–H groups in total. The lowest BCUT2D eigenvalue weighted by Crippen LogP contribution is -2.34. The zero-order chi connectivity index (χ0) is 16.2. The van der Waals surface area contributed by atoms with E-state index in [1.54, 1.807) is 10.9 Å². The fraction of sp³-hybridized carbons (Fsp3) is 0.769. The molecule has 0 aliphatic rings. The summed E-state index contributed by atoms with van der Waals surface area (Å²) in [6, 6.07) is 0. The van der Waals surface area contributed by atoms with Crippen LogP contribution in [0.3, 0.4) is 0 Å². The van der Waals surface area contributed by atoms with Crippen LogP contribution in [0.2, 0.25) is 0 Å². The van der Waals surface area contributed by atoms with Gasteiger partial charge in [-0.15, -0.1) is 0 Å². The van der Waals surface area contributed by atoms with Gasteiger partial charge in [0.15, 0.2) is 0 Å². The minimum atomic E-state index is -1.29. The molecule has 0 spiro atoms. The van der Waals surface area contributed by atoms with Gasteiger partial charge in [-0.25, -0.2) is 10.2 Å². The molecule has 0 saturated carbocycles. The summed E-state index contributed by atoms with van der Waals surface area (Å²) in [4.78, 5) is 29.4. The Morgan fingerprint density at radius 2 is 1.85 bits per heavy atom. The maximum absolute atomic E-state index is 10.7. The van der Waals surface area contributed by atoms with Crippen LogP contribution in [0.4, 0.5) is 4.79 Å². The van der Waals surface area contributed by atoms with E-state index >= 15 is 0 Å². The van der Waals surface area contributed by atoms with Gasteiger partial charge in [0.1, 0.15) is 0 Å². The molecule has 1 unspecified atom stereocenters. The van der Waals surface area contributed by atoms with Crippen LogP contribution in [0.15, 0.2) is 0 Å². The van der Waals surface area contributed by atoms with Gasteiger partial charge in [-0.05, 0) is 18.3 Å². The van der Waals surface area contributed by atoms with Crippen molar-refractivity contribution >= 4 is 18.4 Å². The summed E-state index contributed by atoms with van der Waals surface area (Å²) in [5.41, 5.74) is 8.89. The summed E-state index contributed by atoms with van der Waals surface area (Å²) in [5.74, 6) is -0.129. The van der Waals surface area contributed by atoms with Crippen molar-refractivity contribution in [3.8, 4) is 0 Å². The van der Waals surface area contributed by atoms with E-state index in [1.165, 1.54) is 12.8 Å². The molecule has 7 nitrogen and oxygen atoms in total. The summed E-state index contributed by atoms with van der Waals surface area (Å²) < 4.78 is 0. The van der Waals surface area contributed by atoms with Crippen LogP contribution in [0, 0.1) is 11.3 Å². The number of rotatable bonds is 7. The van der Waals surface area contributed by atoms with Crippen LogP contribution in [-0.4, -0.2) is 23.5 Å². The van der Waals surface area contributed by atoms with E-state index in [2.05, 4.69) is 20.8 Å². The van der Waals surface area contributed by atoms with Crippen molar-refractivity contribution in [3.63, 3.8) is 0 Å². The van der Waals surface area contributed by atoms with E-state index < -0.39 is 6.09 Å². The number of unbranched alkanes of at least 4 members (excludes halogenated alkanes) is 1. The molecule has 0 heterocycles. The van der Waals surface area contributed by atoms with Crippen molar-refractivity contribution < 1.29 is 19.5 Å². The minimum absolute atomic E-state index is 0.0416. The molecule has 118 valence electrons. The summed E-state index contributed by atoms with van der Waals surface area (Å²) in [6.07, 6.45) is 3.41. The first-order chi connectivity index (χ1) is 9.10. The van der Waals surface area contributed by atoms with E-state index in [1.807, 2.05) is 6.92 Å². The molecule has 0 saturated heterocycles. The van der Waals surface area contributed by atoms with Gasteiger partial charge in [0.05, 0.1) is 0 Å². The van der Waals surface area contributed by atoms with Crippen molar-refractivity contribution in [1.29, 1.82) is 0 Å². The number of carbonyl (C=O) groups excluding carboxylic acids is 2. The van der Waals surface area contributed by atoms with Crippen LogP contribution in [0.1, 0.15) is 53.4 Å². The van der Waals surface area contributed by atoms with E-state index in [0.717, 1.165) is 12.8 Å². The Bertz CT molecular complexity index is 300. The van der Waals surface area contributed by atoms with E-state index in [9.17, 15) is 14.4 Å². The lowest BCUT2D eigenvalue weighted by Gasteiger charge is -2.17. The highest BCUT2D eigenvalue weighted by molar-refractivity contribution is 5.76. The molecule has 0 radical (unpaired) electrons. The first-order valence-electron chi connectivity index (χ1n) is 6.57. The Kier molecular flexibility index (Phi) is 11.4. The van der Waals surface area contributed by atoms with Gasteiger partial charge in [0.2, 0.25) is 12.3 Å². The largest absolute Gasteiger partial charge is 0.464 e. The van der Waals surface area contributed by atoms with E-state index in [-0.39, 0.29) is 18.2 Å². The maximum Gasteiger partial charge on any atom is 0.423 e. The second-order valence-electron chi connectivity index (χ2n) is 5.80. The van der Waals surface area contributed by atoms with Crippen LogP contribution >= 0.6 is 0 Å². The highest BCUT2D eigenvalue weighted by atomic mass is 16.4. The summed E-state index contributed by atoms with van der Waals surface area (Å²) in [5, 5.41) is 7.71. The molecule has 0 aromatic carbocycles. The Morgan fingerprint density at radius 1 is 1.30 bits per heavy atom. The number of nitrogens with two attached hydrogens (primary N) is 1. The van der Waals surface area contributed by atoms with Crippen molar-refractivity contribution in [1.82, 2.24) is 10.9 Å². The second kappa shape index (κ2) is 11.1. The molecular formula is C13H27N3O4. The lowest BCUT2D eigenvalue weighted by atomic mass is 9.88. The molecule has 0 aliphatic carbocycles. The van der Waals surface area contributed by atoms with Crippen molar-refractivity contribution in [3.05, 3.63) is 0 Å². The Hall–Kier alpha value is -1.79. The number of hydrogen-bond acceptors (Lipinski definition) is 3. The van der Waals surface area contributed by atoms with Crippen molar-refractivity contribution in [2.45, 2.75) is 53.4 Å². The van der Waals surface area contributed by atoms with Gasteiger partial charge in [-0.3, -0.25) is 15.0 Å². The lowest BCUT2D eigenvalue weighted by molar-refractivity contribution is -0.121. The predicted molar refractivity (Wildman–Crippen MR) is 76.6 cm³/mol. The topological polar surface area (TPSA) is 122 Å². The van der Waals surface area contributed by atoms with Crippen LogP contribution in [-0.2, 0) is 9.59 Å². The molecule has 0 rings (SSSR count). The fourth-order valence-electron chi connectivity index (χ4n) is 1.34. The number of primary amides is 1. The second-order valence-corrected chi connectivity index (χ2v) is 5.80. The number of nitrogens with one attached hydrogen (secondary N) is 2. The van der Waals surface area contributed by atoms with Gasteiger partial charge >= 0.3 is 6.09 Å². The number of hydrogen-bond donors (Lipinski definition) is 4. The molecule has 0 fully saturated rings. The number of carboxylic acid groups (broad SMARTS) is 1. The maximum atomic E-state index is 10.7. The number of hydrazine groups is 1. The highest BCUT2D eigenvalue weighted by Crippen LogP contribution is 2.22. The third-order valence-electron chi connectivity index (χ3n) is 2.54. The standard InChI is InChI=1S/C11H23NO.C2H4N2O3/c1-9(10(12)13)7-5-6-8-11(2,3)4;5-1-3-4-2(6)7/h9H,5-8H2,1-4H3,(H2,12,13);1,4H,(H,3,5)(H,6,7). The van der Waals surface area contributed by atoms with E-state index in [4.69, 9.17) is 10.8 Å². The SMILES string of the molecule is CC(CCCCC(C)(C)C)C(N)=O.O=CNNC(=O)O. The van der Waals surface area contributed by atoms with Gasteiger partial charge in [0.25, 0.3) is 0 Å². The van der Waals surface area contributed by atoms with Gasteiger partial charge in [0, 0.05) is 5.92 Å². The highest BCUT2D eigenvalue weighted by Gasteiger charge is 2.11. The fourth-order valence-corrected chi connectivity index (χ4v) is 1.34. The first kappa shape index (κ1) is 20.5. The molecule has 20 heavy (non-hydrogen) atoms. The third-order valence-corrected chi connectivity index (χ3v) is 2.54. The van der Waals surface area contributed by atoms with Gasteiger partial charge in [-0.1, -0.05) is 40.5 Å².